The number of aromatic hydroxyl groups is 3. The van der Waals surface area contributed by atoms with Gasteiger partial charge in [-0.1, -0.05) is 91.1 Å². The van der Waals surface area contributed by atoms with Crippen molar-refractivity contribution in [3.05, 3.63) is 224 Å². The molecule has 12 aromatic rings. The molecular formula is C90H90ClF6N19O10S3. The molecule has 5 N–H and O–H groups in total. The zero-order valence-corrected chi connectivity index (χ0v) is 75.3. The smallest absolute Gasteiger partial charge is 0.355 e. The number of hydrogen-bond acceptors (Lipinski definition) is 25. The number of carbonyl (C=O) groups excluding carboxylic acids is 3. The van der Waals surface area contributed by atoms with Crippen LogP contribution in [-0.4, -0.2) is 206 Å². The topological polar surface area (TPSA) is 356 Å². The molecule has 3 aliphatic heterocycles. The second-order valence-corrected chi connectivity index (χ2v) is 35.0. The first-order valence-corrected chi connectivity index (χ1v) is 45.0. The second kappa shape index (κ2) is 38.5. The number of thioether (sulfide) groups is 2. The van der Waals surface area contributed by atoms with Crippen LogP contribution in [0.3, 0.4) is 0 Å². The Balaban J connectivity index is 0.000000165. The average molecular weight is 1840 g/mol. The lowest BCUT2D eigenvalue weighted by Gasteiger charge is -2.40. The zero-order valence-electron chi connectivity index (χ0n) is 72.1. The number of hydrogen-bond donors (Lipinski definition) is 4. The fourth-order valence-corrected chi connectivity index (χ4v) is 18.3. The molecule has 0 saturated carbocycles. The fraction of sp³-hybridized carbons (Fsp3) is 0.300. The van der Waals surface area contributed by atoms with Crippen molar-refractivity contribution in [3.8, 4) is 68.1 Å². The second-order valence-electron chi connectivity index (χ2n) is 31.5. The van der Waals surface area contributed by atoms with Crippen LogP contribution in [0.4, 0.5) is 49.6 Å². The summed E-state index contributed by atoms with van der Waals surface area (Å²) in [5.74, 6) is -7.13. The van der Waals surface area contributed by atoms with E-state index in [4.69, 9.17) is 22.3 Å². The Labute approximate surface area is 751 Å². The molecule has 0 aliphatic carbocycles. The van der Waals surface area contributed by atoms with Crippen LogP contribution in [0, 0.1) is 35.0 Å². The number of nitrogens with zero attached hydrogens (tertiary/aromatic N) is 18. The lowest BCUT2D eigenvalue weighted by molar-refractivity contribution is -0.127. The molecule has 3 saturated heterocycles. The van der Waals surface area contributed by atoms with E-state index in [1.165, 1.54) is 118 Å². The van der Waals surface area contributed by atoms with Gasteiger partial charge in [-0.05, 0) is 136 Å². The summed E-state index contributed by atoms with van der Waals surface area (Å²) in [6.07, 6.45) is 10.3. The van der Waals surface area contributed by atoms with Crippen molar-refractivity contribution in [2.24, 2.45) is 0 Å². The van der Waals surface area contributed by atoms with Gasteiger partial charge >= 0.3 is 17.1 Å². The number of piperazine rings is 3. The SMILES string of the molecule is C=CC(=O)N1CCN(c2nc(=O)n(-c3c(S(C)=O)ccnc3C(C)C)c3nc(-c4c(O)cccc4F)c(Cl)cc23)[C@@H](C)C1.C=CC(=O)N1CCN(c2nc(=O)n(-c3c(SC)cc(F)nc3C(C)C)c3nc(-c4c(O)cccc4F)c(F)cc23)[C@@H](C)C1.C=CC(=O)N1CCN(c2nc(=O)n(-c3c(SC)cc(N)nc3C(C)C)c3nc(-c4c(O)cccc4F)c(F)cc23)[C@@H](C)C1. The summed E-state index contributed by atoms with van der Waals surface area (Å²) in [6.45, 7) is 30.3. The highest BCUT2D eigenvalue weighted by Gasteiger charge is 2.37. The first-order chi connectivity index (χ1) is 61.4. The normalized spacial score (nSPS) is 15.6. The molecule has 129 heavy (non-hydrogen) atoms. The maximum absolute atomic E-state index is 15.9. The minimum absolute atomic E-state index is 0.00498. The summed E-state index contributed by atoms with van der Waals surface area (Å²) in [7, 11) is -1.53. The highest BCUT2D eigenvalue weighted by Crippen LogP contribution is 2.44. The van der Waals surface area contributed by atoms with E-state index >= 15 is 13.2 Å². The van der Waals surface area contributed by atoms with E-state index in [2.05, 4.69) is 59.6 Å². The Morgan fingerprint density at radius 1 is 0.481 bits per heavy atom. The van der Waals surface area contributed by atoms with Gasteiger partial charge in [0.05, 0.1) is 93.4 Å². The fourth-order valence-electron chi connectivity index (χ4n) is 16.1. The summed E-state index contributed by atoms with van der Waals surface area (Å²) in [5, 5.41) is 32.2. The first kappa shape index (κ1) is 93.6. The van der Waals surface area contributed by atoms with E-state index in [-0.39, 0.29) is 150 Å². The third kappa shape index (κ3) is 18.2. The van der Waals surface area contributed by atoms with E-state index in [1.807, 2.05) is 64.5 Å². The minimum atomic E-state index is -1.53. The van der Waals surface area contributed by atoms with Gasteiger partial charge in [-0.15, -0.1) is 23.5 Å². The molecule has 0 spiro atoms. The molecule has 29 nitrogen and oxygen atoms in total. The number of rotatable bonds is 18. The number of fused-ring (bicyclic) bond motifs is 3. The average Bonchev–Trinajstić information content (AvgIpc) is 0.738. The number of nitrogen functional groups attached to an aromatic ring is 1. The van der Waals surface area contributed by atoms with E-state index < -0.39 is 96.9 Å². The van der Waals surface area contributed by atoms with Crippen molar-refractivity contribution in [2.45, 2.75) is 113 Å². The number of amides is 3. The van der Waals surface area contributed by atoms with Gasteiger partial charge in [0.2, 0.25) is 23.7 Å². The molecule has 0 bridgehead atoms. The summed E-state index contributed by atoms with van der Waals surface area (Å²) in [5.41, 5.74) is 3.71. The summed E-state index contributed by atoms with van der Waals surface area (Å²) >= 11 is 9.22. The molecule has 4 atom stereocenters. The van der Waals surface area contributed by atoms with Gasteiger partial charge in [0, 0.05) is 105 Å². The van der Waals surface area contributed by atoms with Crippen LogP contribution in [0.1, 0.15) is 97.1 Å². The molecule has 0 radical (unpaired) electrons. The third-order valence-corrected chi connectivity index (χ3v) is 24.9. The maximum atomic E-state index is 15.9. The molecule has 672 valence electrons. The number of phenols is 3. The number of benzene rings is 3. The maximum Gasteiger partial charge on any atom is 0.355 e. The van der Waals surface area contributed by atoms with E-state index in [1.54, 1.807) is 51.8 Å². The molecule has 1 unspecified atom stereocenters. The molecule has 3 aliphatic rings. The van der Waals surface area contributed by atoms with Crippen LogP contribution in [-0.2, 0) is 25.2 Å². The van der Waals surface area contributed by atoms with E-state index in [0.29, 0.717) is 89.5 Å². The number of pyridine rings is 6. The van der Waals surface area contributed by atoms with Gasteiger partial charge in [-0.3, -0.25) is 23.6 Å². The number of halogens is 7. The van der Waals surface area contributed by atoms with Gasteiger partial charge in [-0.25, -0.2) is 75.0 Å². The number of phenolic OH excluding ortho intramolecular Hbond substituents is 3. The summed E-state index contributed by atoms with van der Waals surface area (Å²) in [6, 6.07) is 18.3. The van der Waals surface area contributed by atoms with Crippen molar-refractivity contribution in [3.63, 3.8) is 0 Å². The van der Waals surface area contributed by atoms with Crippen LogP contribution >= 0.6 is 35.1 Å². The number of aromatic nitrogens is 12. The predicted molar refractivity (Wildman–Crippen MR) is 488 cm³/mol. The lowest BCUT2D eigenvalue weighted by atomic mass is 10.1. The van der Waals surface area contributed by atoms with Gasteiger partial charge < -0.3 is 50.5 Å². The van der Waals surface area contributed by atoms with Crippen molar-refractivity contribution < 1.29 is 60.3 Å². The first-order valence-electron chi connectivity index (χ1n) is 40.7. The van der Waals surface area contributed by atoms with Gasteiger partial charge in [0.1, 0.15) is 69.4 Å². The van der Waals surface area contributed by atoms with Crippen molar-refractivity contribution in [1.29, 1.82) is 0 Å². The van der Waals surface area contributed by atoms with Crippen molar-refractivity contribution in [1.82, 2.24) is 73.3 Å². The molecule has 9 aromatic heterocycles. The standard InChI is InChI=1S/C30H30ClFN6O4S.C30H29F3N6O3S.C30H31F2N7O3S/c1-6-23(40)36-12-13-37(17(4)15-36)28-18-14-19(31)26(24-20(32)8-7-9-21(24)39)34-29(18)38(30(41)35-28)27-22(43(5)42)10-11-33-25(27)16(2)3;2*1-6-23(41)37-10-11-38(16(4)14-37)28-17-12-19(32)26(24-18(31)8-7-9-20(24)40)35-29(17)39(30(42)36-28)27-21(43-5)13-22(33)34-25(27)15(2)3/h6-11,14,16-17,39H,1,12-13,15H2,2-5H3;6-9,12-13,15-16,40H,1,10-11,14H2,2-5H3;6-9,12-13,15-16,40H,1,10-11,14H2,2-5H3,(H2,33,34)/t17-,43?;2*16-/m000/s1. The van der Waals surface area contributed by atoms with Gasteiger partial charge in [0.25, 0.3) is 0 Å². The van der Waals surface area contributed by atoms with Gasteiger partial charge in [0.15, 0.2) is 28.6 Å². The summed E-state index contributed by atoms with van der Waals surface area (Å²) < 4.78 is 108. The third-order valence-electron chi connectivity index (χ3n) is 22.2. The highest BCUT2D eigenvalue weighted by molar-refractivity contribution is 7.99. The Kier molecular flexibility index (Phi) is 27.9. The predicted octanol–water partition coefficient (Wildman–Crippen LogP) is 13.9. The lowest BCUT2D eigenvalue weighted by Crippen LogP contribution is -2.54. The number of nitrogens with two attached hydrogens (primary N) is 1. The van der Waals surface area contributed by atoms with Crippen LogP contribution in [0.25, 0.3) is 83.9 Å². The zero-order chi connectivity index (χ0) is 93.5. The van der Waals surface area contributed by atoms with Crippen molar-refractivity contribution >= 4 is 120 Å². The Bertz CT molecular complexity index is 6460. The van der Waals surface area contributed by atoms with Crippen LogP contribution in [0.15, 0.2) is 164 Å². The van der Waals surface area contributed by atoms with Crippen LogP contribution < -0.4 is 37.5 Å². The molecule has 39 heteroatoms. The Hall–Kier alpha value is -13.1. The van der Waals surface area contributed by atoms with E-state index in [0.717, 1.165) is 28.8 Å². The van der Waals surface area contributed by atoms with Crippen molar-refractivity contribution in [2.75, 3.05) is 98.1 Å². The monoisotopic (exact) mass is 1840 g/mol. The minimum Gasteiger partial charge on any atom is -0.507 e. The molecule has 3 amide bonds. The molecule has 3 aromatic carbocycles. The Morgan fingerprint density at radius 3 is 1.18 bits per heavy atom. The summed E-state index contributed by atoms with van der Waals surface area (Å²) in [4.78, 5) is 131. The molecule has 12 heterocycles. The molecular weight excluding hydrogens is 1750 g/mol. The number of anilines is 4. The van der Waals surface area contributed by atoms with Crippen LogP contribution in [0.2, 0.25) is 5.02 Å². The van der Waals surface area contributed by atoms with E-state index in [9.17, 15) is 61.5 Å². The molecule has 3 fully saturated rings. The quantitative estimate of drug-likeness (QED) is 0.0268. The Morgan fingerprint density at radius 2 is 0.829 bits per heavy atom. The largest absolute Gasteiger partial charge is 0.507 e. The molecule has 15 rings (SSSR count). The van der Waals surface area contributed by atoms with Crippen LogP contribution in [0.5, 0.6) is 17.2 Å². The number of carbonyl (C=O) groups is 3. The van der Waals surface area contributed by atoms with Gasteiger partial charge in [-0.2, -0.15) is 19.3 Å². The highest BCUT2D eigenvalue weighted by atomic mass is 35.5.